The van der Waals surface area contributed by atoms with Crippen LogP contribution in [0.5, 0.6) is 0 Å². The third-order valence-electron chi connectivity index (χ3n) is 2.75. The van der Waals surface area contributed by atoms with Gasteiger partial charge >= 0.3 is 0 Å². The molecule has 0 aliphatic carbocycles. The highest BCUT2D eigenvalue weighted by atomic mass is 127. The summed E-state index contributed by atoms with van der Waals surface area (Å²) in [6.07, 6.45) is 2.11. The van der Waals surface area contributed by atoms with E-state index in [4.69, 9.17) is 4.74 Å². The molecule has 1 saturated heterocycles. The molecule has 86 valence electrons. The largest absolute Gasteiger partial charge is 0.379 e. The highest BCUT2D eigenvalue weighted by molar-refractivity contribution is 14.1. The molecule has 1 fully saturated rings. The molecule has 1 heterocycles. The number of rotatable bonds is 3. The van der Waals surface area contributed by atoms with Crippen LogP contribution in [0, 0.1) is 0 Å². The molecule has 2 rings (SSSR count). The van der Waals surface area contributed by atoms with Gasteiger partial charge in [-0.25, -0.2) is 0 Å². The van der Waals surface area contributed by atoms with Crippen molar-refractivity contribution in [3.8, 4) is 0 Å². The van der Waals surface area contributed by atoms with Gasteiger partial charge < -0.3 is 4.74 Å². The van der Waals surface area contributed by atoms with Crippen molar-refractivity contribution in [1.82, 2.24) is 4.90 Å². The number of morpholine rings is 1. The van der Waals surface area contributed by atoms with Crippen LogP contribution in [0.3, 0.4) is 0 Å². The second kappa shape index (κ2) is 6.37. The van der Waals surface area contributed by atoms with Crippen molar-refractivity contribution in [2.45, 2.75) is 6.54 Å². The topological polar surface area (TPSA) is 12.5 Å². The maximum atomic E-state index is 5.34. The summed E-state index contributed by atoms with van der Waals surface area (Å²) in [7, 11) is 0. The minimum Gasteiger partial charge on any atom is -0.379 e. The maximum absolute atomic E-state index is 5.34. The molecule has 1 aliphatic rings. The third-order valence-corrected chi connectivity index (χ3v) is 3.10. The van der Waals surface area contributed by atoms with Crippen LogP contribution in [-0.4, -0.2) is 31.2 Å². The summed E-state index contributed by atoms with van der Waals surface area (Å²) < 4.78 is 7.37. The molecular weight excluding hydrogens is 313 g/mol. The summed E-state index contributed by atoms with van der Waals surface area (Å²) in [5.74, 6) is 0. The molecule has 0 atom stereocenters. The van der Waals surface area contributed by atoms with Crippen molar-refractivity contribution in [3.63, 3.8) is 0 Å². The second-order valence-corrected chi connectivity index (χ2v) is 4.64. The van der Waals surface area contributed by atoms with Gasteiger partial charge in [-0.3, -0.25) is 4.90 Å². The van der Waals surface area contributed by atoms with E-state index in [9.17, 15) is 0 Å². The molecule has 16 heavy (non-hydrogen) atoms. The standard InChI is InChI=1S/C13H16INO/c14-6-5-12-1-3-13(4-2-12)11-15-7-9-16-10-8-15/h1-6H,7-11H2/b6-5+. The van der Waals surface area contributed by atoms with Crippen LogP contribution in [-0.2, 0) is 11.3 Å². The Morgan fingerprint density at radius 1 is 1.19 bits per heavy atom. The molecule has 0 saturated carbocycles. The number of hydrogen-bond acceptors (Lipinski definition) is 2. The van der Waals surface area contributed by atoms with Gasteiger partial charge in [0.2, 0.25) is 0 Å². The first-order chi connectivity index (χ1) is 7.88. The Morgan fingerprint density at radius 2 is 1.88 bits per heavy atom. The molecule has 1 aliphatic heterocycles. The summed E-state index contributed by atoms with van der Waals surface area (Å²) >= 11 is 2.24. The fourth-order valence-corrected chi connectivity index (χ4v) is 2.24. The van der Waals surface area contributed by atoms with Crippen molar-refractivity contribution in [3.05, 3.63) is 39.5 Å². The second-order valence-electron chi connectivity index (χ2n) is 3.92. The molecule has 0 radical (unpaired) electrons. The van der Waals surface area contributed by atoms with Crippen LogP contribution < -0.4 is 0 Å². The highest BCUT2D eigenvalue weighted by Crippen LogP contribution is 2.10. The fraction of sp³-hybridized carbons (Fsp3) is 0.385. The van der Waals surface area contributed by atoms with E-state index in [-0.39, 0.29) is 0 Å². The molecule has 0 amide bonds. The number of nitrogens with zero attached hydrogens (tertiary/aromatic N) is 1. The lowest BCUT2D eigenvalue weighted by molar-refractivity contribution is 0.0342. The lowest BCUT2D eigenvalue weighted by atomic mass is 10.1. The summed E-state index contributed by atoms with van der Waals surface area (Å²) in [6.45, 7) is 4.88. The van der Waals surface area contributed by atoms with E-state index < -0.39 is 0 Å². The summed E-state index contributed by atoms with van der Waals surface area (Å²) in [6, 6.07) is 8.76. The molecular formula is C13H16INO. The van der Waals surface area contributed by atoms with Gasteiger partial charge in [-0.05, 0) is 21.3 Å². The van der Waals surface area contributed by atoms with Crippen molar-refractivity contribution in [2.24, 2.45) is 0 Å². The minimum absolute atomic E-state index is 0.871. The van der Waals surface area contributed by atoms with E-state index in [2.05, 4.69) is 57.8 Å². The molecule has 2 nitrogen and oxygen atoms in total. The van der Waals surface area contributed by atoms with Crippen molar-refractivity contribution >= 4 is 28.7 Å². The molecule has 0 N–H and O–H groups in total. The average molecular weight is 329 g/mol. The van der Waals surface area contributed by atoms with Gasteiger partial charge in [-0.2, -0.15) is 0 Å². The first kappa shape index (κ1) is 12.1. The van der Waals surface area contributed by atoms with Crippen LogP contribution in [0.15, 0.2) is 28.3 Å². The average Bonchev–Trinajstić information content (AvgIpc) is 2.33. The Kier molecular flexibility index (Phi) is 4.81. The van der Waals surface area contributed by atoms with Crippen molar-refractivity contribution in [1.29, 1.82) is 0 Å². The quantitative estimate of drug-likeness (QED) is 0.791. The third kappa shape index (κ3) is 3.57. The lowest BCUT2D eigenvalue weighted by Gasteiger charge is -2.26. The predicted octanol–water partition coefficient (Wildman–Crippen LogP) is 2.92. The normalized spacial score (nSPS) is 18.1. The van der Waals surface area contributed by atoms with Crippen molar-refractivity contribution in [2.75, 3.05) is 26.3 Å². The van der Waals surface area contributed by atoms with Crippen LogP contribution in [0.1, 0.15) is 11.1 Å². The molecule has 0 spiro atoms. The SMILES string of the molecule is I/C=C/c1ccc(CN2CCOCC2)cc1. The van der Waals surface area contributed by atoms with Gasteiger partial charge in [0.15, 0.2) is 0 Å². The molecule has 0 unspecified atom stereocenters. The van der Waals surface area contributed by atoms with E-state index >= 15 is 0 Å². The predicted molar refractivity (Wildman–Crippen MR) is 75.6 cm³/mol. The van der Waals surface area contributed by atoms with Crippen LogP contribution in [0.4, 0.5) is 0 Å². The van der Waals surface area contributed by atoms with E-state index in [0.29, 0.717) is 0 Å². The number of ether oxygens (including phenoxy) is 1. The van der Waals surface area contributed by atoms with E-state index in [0.717, 1.165) is 32.8 Å². The highest BCUT2D eigenvalue weighted by Gasteiger charge is 2.09. The monoisotopic (exact) mass is 329 g/mol. The number of hydrogen-bond donors (Lipinski definition) is 0. The first-order valence-electron chi connectivity index (χ1n) is 5.54. The van der Waals surface area contributed by atoms with Gasteiger partial charge in [0, 0.05) is 19.6 Å². The van der Waals surface area contributed by atoms with Gasteiger partial charge in [0.25, 0.3) is 0 Å². The van der Waals surface area contributed by atoms with Crippen molar-refractivity contribution < 1.29 is 4.74 Å². The smallest absolute Gasteiger partial charge is 0.0594 e. The molecule has 0 bridgehead atoms. The first-order valence-corrected chi connectivity index (χ1v) is 6.79. The number of benzene rings is 1. The van der Waals surface area contributed by atoms with Crippen LogP contribution in [0.25, 0.3) is 6.08 Å². The van der Waals surface area contributed by atoms with Gasteiger partial charge in [0.05, 0.1) is 13.2 Å². The zero-order valence-corrected chi connectivity index (χ0v) is 11.4. The number of halogens is 1. The van der Waals surface area contributed by atoms with Crippen LogP contribution >= 0.6 is 22.6 Å². The molecule has 1 aromatic carbocycles. The van der Waals surface area contributed by atoms with Gasteiger partial charge in [0.1, 0.15) is 0 Å². The minimum atomic E-state index is 0.871. The molecule has 0 aromatic heterocycles. The van der Waals surface area contributed by atoms with E-state index in [1.807, 2.05) is 4.08 Å². The van der Waals surface area contributed by atoms with Crippen LogP contribution in [0.2, 0.25) is 0 Å². The lowest BCUT2D eigenvalue weighted by Crippen LogP contribution is -2.35. The van der Waals surface area contributed by atoms with Gasteiger partial charge in [-0.1, -0.05) is 46.9 Å². The Balaban J connectivity index is 1.93. The fourth-order valence-electron chi connectivity index (χ4n) is 1.82. The van der Waals surface area contributed by atoms with E-state index in [1.165, 1.54) is 11.1 Å². The maximum Gasteiger partial charge on any atom is 0.0594 e. The Morgan fingerprint density at radius 3 is 2.50 bits per heavy atom. The zero-order chi connectivity index (χ0) is 11.2. The summed E-state index contributed by atoms with van der Waals surface area (Å²) in [4.78, 5) is 2.44. The Bertz CT molecular complexity index is 341. The zero-order valence-electron chi connectivity index (χ0n) is 9.23. The summed E-state index contributed by atoms with van der Waals surface area (Å²) in [5, 5.41) is 0. The Labute approximate surface area is 110 Å². The molecule has 1 aromatic rings. The van der Waals surface area contributed by atoms with Gasteiger partial charge in [-0.15, -0.1) is 0 Å². The Hall–Kier alpha value is -0.390. The molecule has 3 heteroatoms. The summed E-state index contributed by atoms with van der Waals surface area (Å²) in [5.41, 5.74) is 2.65. The van der Waals surface area contributed by atoms with E-state index in [1.54, 1.807) is 0 Å².